The van der Waals surface area contributed by atoms with Crippen LogP contribution in [0.1, 0.15) is 23.6 Å². The van der Waals surface area contributed by atoms with Crippen molar-refractivity contribution in [1.82, 2.24) is 5.32 Å². The zero-order valence-electron chi connectivity index (χ0n) is 11.0. The number of nitrogens with one attached hydrogen (secondary N) is 1. The molecule has 0 saturated heterocycles. The van der Waals surface area contributed by atoms with E-state index in [-0.39, 0.29) is 6.04 Å². The molecule has 1 N–H and O–H groups in total. The molecule has 3 rings (SSSR count). The van der Waals surface area contributed by atoms with E-state index in [0.29, 0.717) is 26.4 Å². The largest absolute Gasteiger partial charge is 0.489 e. The number of halogens is 1. The summed E-state index contributed by atoms with van der Waals surface area (Å²) < 4.78 is 17.3. The van der Waals surface area contributed by atoms with Crippen molar-refractivity contribution in [2.75, 3.05) is 33.5 Å². The van der Waals surface area contributed by atoms with Gasteiger partial charge in [0.2, 0.25) is 0 Å². The first-order chi connectivity index (χ1) is 9.31. The third kappa shape index (κ3) is 2.40. The number of rotatable bonds is 1. The van der Waals surface area contributed by atoms with Gasteiger partial charge in [-0.05, 0) is 19.0 Å². The fourth-order valence-corrected chi connectivity index (χ4v) is 2.94. The van der Waals surface area contributed by atoms with E-state index in [0.717, 1.165) is 40.5 Å². The van der Waals surface area contributed by atoms with E-state index >= 15 is 0 Å². The third-order valence-corrected chi connectivity index (χ3v) is 3.95. The van der Waals surface area contributed by atoms with Gasteiger partial charge in [-0.25, -0.2) is 0 Å². The molecule has 4 nitrogen and oxygen atoms in total. The van der Waals surface area contributed by atoms with E-state index in [2.05, 4.69) is 5.32 Å². The van der Waals surface area contributed by atoms with Crippen molar-refractivity contribution in [2.24, 2.45) is 0 Å². The molecule has 0 bridgehead atoms. The molecule has 0 radical (unpaired) electrons. The number of hydrogen-bond donors (Lipinski definition) is 1. The van der Waals surface area contributed by atoms with Gasteiger partial charge in [-0.2, -0.15) is 0 Å². The van der Waals surface area contributed by atoms with Crippen molar-refractivity contribution in [3.63, 3.8) is 0 Å². The molecule has 0 fully saturated rings. The van der Waals surface area contributed by atoms with Crippen LogP contribution in [0.3, 0.4) is 0 Å². The average Bonchev–Trinajstić information content (AvgIpc) is 2.76. The monoisotopic (exact) mass is 283 g/mol. The summed E-state index contributed by atoms with van der Waals surface area (Å²) in [4.78, 5) is 0. The van der Waals surface area contributed by atoms with E-state index in [4.69, 9.17) is 25.8 Å². The van der Waals surface area contributed by atoms with Crippen LogP contribution in [0.25, 0.3) is 0 Å². The zero-order chi connectivity index (χ0) is 13.2. The lowest BCUT2D eigenvalue weighted by atomic mass is 9.97. The van der Waals surface area contributed by atoms with E-state index in [1.807, 2.05) is 13.1 Å². The lowest BCUT2D eigenvalue weighted by molar-refractivity contribution is 0.123. The molecular formula is C14H18ClNO3. The highest BCUT2D eigenvalue weighted by molar-refractivity contribution is 6.31. The van der Waals surface area contributed by atoms with Crippen molar-refractivity contribution in [1.29, 1.82) is 0 Å². The van der Waals surface area contributed by atoms with E-state index < -0.39 is 0 Å². The molecular weight excluding hydrogens is 266 g/mol. The van der Waals surface area contributed by atoms with Crippen LogP contribution in [0.4, 0.5) is 0 Å². The number of hydrogen-bond acceptors (Lipinski definition) is 4. The maximum atomic E-state index is 6.41. The summed E-state index contributed by atoms with van der Waals surface area (Å²) in [6.07, 6.45) is 1.70. The second-order valence-corrected chi connectivity index (χ2v) is 5.20. The molecule has 1 unspecified atom stereocenters. The maximum absolute atomic E-state index is 6.41. The number of benzene rings is 1. The highest BCUT2D eigenvalue weighted by Crippen LogP contribution is 2.43. The Morgan fingerprint density at radius 2 is 2.11 bits per heavy atom. The van der Waals surface area contributed by atoms with Crippen LogP contribution in [0.2, 0.25) is 5.02 Å². The Bertz CT molecular complexity index is 478. The van der Waals surface area contributed by atoms with Crippen LogP contribution in [-0.2, 0) is 11.2 Å². The lowest BCUT2D eigenvalue weighted by Crippen LogP contribution is -2.22. The Balaban J connectivity index is 2.17. The van der Waals surface area contributed by atoms with Crippen molar-refractivity contribution < 1.29 is 14.2 Å². The standard InChI is InChI=1S/C14H18ClNO3/c1-16-11-8-17-6-3-9-10(15)7-12-14(13(9)11)19-5-2-4-18-12/h7,11,16H,2-6,8H2,1H3. The second kappa shape index (κ2) is 5.57. The molecule has 104 valence electrons. The van der Waals surface area contributed by atoms with Crippen LogP contribution in [0, 0.1) is 0 Å². The van der Waals surface area contributed by atoms with Crippen LogP contribution >= 0.6 is 11.6 Å². The lowest BCUT2D eigenvalue weighted by Gasteiger charge is -2.22. The molecule has 1 aromatic rings. The van der Waals surface area contributed by atoms with Crippen LogP contribution in [0.5, 0.6) is 11.5 Å². The Hall–Kier alpha value is -0.970. The molecule has 2 aliphatic heterocycles. The summed E-state index contributed by atoms with van der Waals surface area (Å²) in [6.45, 7) is 2.66. The summed E-state index contributed by atoms with van der Waals surface area (Å²) in [7, 11) is 1.92. The van der Waals surface area contributed by atoms with Gasteiger partial charge in [-0.3, -0.25) is 0 Å². The van der Waals surface area contributed by atoms with Crippen LogP contribution < -0.4 is 14.8 Å². The smallest absolute Gasteiger partial charge is 0.166 e. The predicted octanol–water partition coefficient (Wildman–Crippen LogP) is 2.33. The molecule has 0 spiro atoms. The van der Waals surface area contributed by atoms with Gasteiger partial charge in [0.25, 0.3) is 0 Å². The van der Waals surface area contributed by atoms with Gasteiger partial charge in [0.1, 0.15) is 0 Å². The predicted molar refractivity (Wildman–Crippen MR) is 73.4 cm³/mol. The Morgan fingerprint density at radius 3 is 2.95 bits per heavy atom. The van der Waals surface area contributed by atoms with Crippen molar-refractivity contribution in [2.45, 2.75) is 18.9 Å². The second-order valence-electron chi connectivity index (χ2n) is 4.79. The normalized spacial score (nSPS) is 22.3. The molecule has 1 atom stereocenters. The molecule has 0 saturated carbocycles. The van der Waals surface area contributed by atoms with Crippen LogP contribution in [-0.4, -0.2) is 33.5 Å². The minimum absolute atomic E-state index is 0.0895. The van der Waals surface area contributed by atoms with Gasteiger partial charge in [0, 0.05) is 23.1 Å². The number of ether oxygens (including phenoxy) is 3. The SMILES string of the molecule is CNC1COCCc2c(Cl)cc3c(c21)OCCCO3. The van der Waals surface area contributed by atoms with Crippen molar-refractivity contribution in [3.05, 3.63) is 22.2 Å². The van der Waals surface area contributed by atoms with Crippen LogP contribution in [0.15, 0.2) is 6.07 Å². The minimum Gasteiger partial charge on any atom is -0.489 e. The first kappa shape index (κ1) is 13.0. The number of likely N-dealkylation sites (N-methyl/N-ethyl adjacent to an activating group) is 1. The molecule has 2 aliphatic rings. The summed E-state index contributed by atoms with van der Waals surface area (Å²) >= 11 is 6.41. The average molecular weight is 284 g/mol. The minimum atomic E-state index is 0.0895. The summed E-state index contributed by atoms with van der Waals surface area (Å²) in [5, 5.41) is 4.02. The Labute approximate surface area is 118 Å². The first-order valence-electron chi connectivity index (χ1n) is 6.67. The molecule has 0 amide bonds. The zero-order valence-corrected chi connectivity index (χ0v) is 11.8. The van der Waals surface area contributed by atoms with E-state index in [1.165, 1.54) is 0 Å². The maximum Gasteiger partial charge on any atom is 0.166 e. The number of fused-ring (bicyclic) bond motifs is 3. The van der Waals surface area contributed by atoms with Crippen molar-refractivity contribution in [3.8, 4) is 11.5 Å². The van der Waals surface area contributed by atoms with Gasteiger partial charge in [0.15, 0.2) is 11.5 Å². The first-order valence-corrected chi connectivity index (χ1v) is 7.05. The molecule has 2 heterocycles. The Kier molecular flexibility index (Phi) is 3.82. The van der Waals surface area contributed by atoms with Gasteiger partial charge >= 0.3 is 0 Å². The fourth-order valence-electron chi connectivity index (χ4n) is 2.65. The molecule has 5 heteroatoms. The van der Waals surface area contributed by atoms with Gasteiger partial charge in [0.05, 0.1) is 32.5 Å². The van der Waals surface area contributed by atoms with Gasteiger partial charge in [-0.1, -0.05) is 11.6 Å². The highest BCUT2D eigenvalue weighted by Gasteiger charge is 2.28. The Morgan fingerprint density at radius 1 is 1.26 bits per heavy atom. The molecule has 0 aromatic heterocycles. The fraction of sp³-hybridized carbons (Fsp3) is 0.571. The quantitative estimate of drug-likeness (QED) is 0.859. The van der Waals surface area contributed by atoms with Crippen molar-refractivity contribution >= 4 is 11.6 Å². The third-order valence-electron chi connectivity index (χ3n) is 3.61. The highest BCUT2D eigenvalue weighted by atomic mass is 35.5. The topological polar surface area (TPSA) is 39.7 Å². The van der Waals surface area contributed by atoms with E-state index in [1.54, 1.807) is 0 Å². The summed E-state index contributed by atoms with van der Waals surface area (Å²) in [5.74, 6) is 1.59. The van der Waals surface area contributed by atoms with E-state index in [9.17, 15) is 0 Å². The molecule has 19 heavy (non-hydrogen) atoms. The molecule has 0 aliphatic carbocycles. The summed E-state index contributed by atoms with van der Waals surface area (Å²) in [5.41, 5.74) is 2.21. The molecule has 1 aromatic carbocycles. The summed E-state index contributed by atoms with van der Waals surface area (Å²) in [6, 6.07) is 1.96. The van der Waals surface area contributed by atoms with Gasteiger partial charge in [-0.15, -0.1) is 0 Å². The van der Waals surface area contributed by atoms with Gasteiger partial charge < -0.3 is 19.5 Å².